The van der Waals surface area contributed by atoms with Crippen molar-refractivity contribution in [2.45, 2.75) is 58.3 Å². The van der Waals surface area contributed by atoms with E-state index < -0.39 is 0 Å². The smallest absolute Gasteiger partial charge is 0.134 e. The van der Waals surface area contributed by atoms with Gasteiger partial charge < -0.3 is 10.2 Å². The minimum atomic E-state index is 0.863. The molecule has 0 bridgehead atoms. The molecular formula is C18H28N4. The molecule has 0 atom stereocenters. The van der Waals surface area contributed by atoms with Crippen LogP contribution in [0.4, 0.5) is 11.6 Å². The molecule has 2 aliphatic rings. The van der Waals surface area contributed by atoms with Gasteiger partial charge >= 0.3 is 0 Å². The second-order valence-electron chi connectivity index (χ2n) is 6.49. The highest BCUT2D eigenvalue weighted by Gasteiger charge is 2.13. The fraction of sp³-hybridized carbons (Fsp3) is 0.667. The number of hydrogen-bond donors (Lipinski definition) is 1. The number of aromatic nitrogens is 2. The van der Waals surface area contributed by atoms with Crippen LogP contribution in [-0.4, -0.2) is 29.6 Å². The molecule has 4 heteroatoms. The van der Waals surface area contributed by atoms with Crippen molar-refractivity contribution < 1.29 is 0 Å². The third-order valence-electron chi connectivity index (χ3n) is 4.64. The fourth-order valence-electron chi connectivity index (χ4n) is 3.41. The number of rotatable bonds is 5. The van der Waals surface area contributed by atoms with Crippen LogP contribution in [0.3, 0.4) is 0 Å². The molecule has 3 rings (SSSR count). The lowest BCUT2D eigenvalue weighted by Crippen LogP contribution is -2.30. The molecule has 2 heterocycles. The maximum atomic E-state index is 4.62. The van der Waals surface area contributed by atoms with Crippen LogP contribution >= 0.6 is 0 Å². The van der Waals surface area contributed by atoms with Crippen LogP contribution in [0.15, 0.2) is 17.7 Å². The van der Waals surface area contributed by atoms with Crippen molar-refractivity contribution in [3.05, 3.63) is 23.5 Å². The minimum absolute atomic E-state index is 0.863. The zero-order valence-corrected chi connectivity index (χ0v) is 13.8. The van der Waals surface area contributed by atoms with Gasteiger partial charge in [0.05, 0.1) is 0 Å². The molecule has 0 radical (unpaired) electrons. The van der Waals surface area contributed by atoms with Crippen LogP contribution in [0.1, 0.15) is 57.2 Å². The maximum Gasteiger partial charge on any atom is 0.134 e. The number of allylic oxidation sites excluding steroid dienone is 1. The summed E-state index contributed by atoms with van der Waals surface area (Å²) in [5.41, 5.74) is 1.61. The molecule has 0 spiro atoms. The second kappa shape index (κ2) is 7.61. The SMILES string of the molecule is Cc1nc(NCCC2=CCCCC2)cc(N2CCCCC2)n1. The Balaban J connectivity index is 1.58. The monoisotopic (exact) mass is 300 g/mol. The van der Waals surface area contributed by atoms with E-state index in [1.165, 1.54) is 44.9 Å². The van der Waals surface area contributed by atoms with Gasteiger partial charge in [0.15, 0.2) is 0 Å². The van der Waals surface area contributed by atoms with E-state index in [0.29, 0.717) is 0 Å². The topological polar surface area (TPSA) is 41.1 Å². The molecule has 1 N–H and O–H groups in total. The molecule has 0 aromatic carbocycles. The van der Waals surface area contributed by atoms with E-state index >= 15 is 0 Å². The standard InChI is InChI=1S/C18H28N4/c1-15-20-17(19-11-10-16-8-4-2-5-9-16)14-18(21-15)22-12-6-3-7-13-22/h8,14H,2-7,9-13H2,1H3,(H,19,20,21). The molecule has 1 aliphatic carbocycles. The number of hydrogen-bond acceptors (Lipinski definition) is 4. The van der Waals surface area contributed by atoms with Crippen LogP contribution in [0.2, 0.25) is 0 Å². The van der Waals surface area contributed by atoms with Crippen molar-refractivity contribution in [2.75, 3.05) is 29.9 Å². The first-order chi connectivity index (χ1) is 10.8. The van der Waals surface area contributed by atoms with Gasteiger partial charge in [-0.2, -0.15) is 0 Å². The van der Waals surface area contributed by atoms with Gasteiger partial charge in [0.2, 0.25) is 0 Å². The first-order valence-electron chi connectivity index (χ1n) is 8.84. The minimum Gasteiger partial charge on any atom is -0.370 e. The van der Waals surface area contributed by atoms with Crippen LogP contribution in [0.5, 0.6) is 0 Å². The van der Waals surface area contributed by atoms with E-state index in [0.717, 1.165) is 43.5 Å². The zero-order valence-electron chi connectivity index (χ0n) is 13.8. The van der Waals surface area contributed by atoms with Gasteiger partial charge in [-0.1, -0.05) is 11.6 Å². The maximum absolute atomic E-state index is 4.62. The Morgan fingerprint density at radius 1 is 1.09 bits per heavy atom. The van der Waals surface area contributed by atoms with Crippen molar-refractivity contribution in [1.82, 2.24) is 9.97 Å². The highest BCUT2D eigenvalue weighted by Crippen LogP contribution is 2.22. The van der Waals surface area contributed by atoms with E-state index in [2.05, 4.69) is 32.3 Å². The Bertz CT molecular complexity index is 518. The molecule has 0 saturated carbocycles. The molecular weight excluding hydrogens is 272 g/mol. The largest absolute Gasteiger partial charge is 0.370 e. The summed E-state index contributed by atoms with van der Waals surface area (Å²) < 4.78 is 0. The summed E-state index contributed by atoms with van der Waals surface area (Å²) in [5, 5.41) is 3.49. The van der Waals surface area contributed by atoms with Gasteiger partial charge in [-0.3, -0.25) is 0 Å². The van der Waals surface area contributed by atoms with E-state index in [1.807, 2.05) is 6.92 Å². The highest BCUT2D eigenvalue weighted by atomic mass is 15.2. The summed E-state index contributed by atoms with van der Waals surface area (Å²) in [6, 6.07) is 2.12. The van der Waals surface area contributed by atoms with Crippen molar-refractivity contribution in [2.24, 2.45) is 0 Å². The molecule has 1 aromatic rings. The normalized spacial score (nSPS) is 19.0. The highest BCUT2D eigenvalue weighted by molar-refractivity contribution is 5.49. The Kier molecular flexibility index (Phi) is 5.30. The van der Waals surface area contributed by atoms with Crippen molar-refractivity contribution >= 4 is 11.6 Å². The summed E-state index contributed by atoms with van der Waals surface area (Å²) in [5.74, 6) is 2.93. The average Bonchev–Trinajstić information content (AvgIpc) is 2.56. The summed E-state index contributed by atoms with van der Waals surface area (Å²) >= 11 is 0. The Labute approximate surface area is 134 Å². The number of nitrogens with zero attached hydrogens (tertiary/aromatic N) is 3. The zero-order chi connectivity index (χ0) is 15.2. The van der Waals surface area contributed by atoms with Crippen molar-refractivity contribution in [3.8, 4) is 0 Å². The third kappa shape index (κ3) is 4.21. The van der Waals surface area contributed by atoms with Gasteiger partial charge in [0, 0.05) is 25.7 Å². The summed E-state index contributed by atoms with van der Waals surface area (Å²) in [4.78, 5) is 11.6. The average molecular weight is 300 g/mol. The molecule has 1 aliphatic heterocycles. The number of anilines is 2. The predicted molar refractivity (Wildman–Crippen MR) is 92.5 cm³/mol. The Morgan fingerprint density at radius 3 is 2.73 bits per heavy atom. The summed E-state index contributed by atoms with van der Waals surface area (Å²) in [7, 11) is 0. The van der Waals surface area contributed by atoms with E-state index in [-0.39, 0.29) is 0 Å². The fourth-order valence-corrected chi connectivity index (χ4v) is 3.41. The molecule has 0 unspecified atom stereocenters. The first-order valence-corrected chi connectivity index (χ1v) is 8.84. The lowest BCUT2D eigenvalue weighted by Gasteiger charge is -2.28. The van der Waals surface area contributed by atoms with Crippen molar-refractivity contribution in [3.63, 3.8) is 0 Å². The van der Waals surface area contributed by atoms with Gasteiger partial charge in [-0.25, -0.2) is 9.97 Å². The van der Waals surface area contributed by atoms with E-state index in [4.69, 9.17) is 0 Å². The molecule has 120 valence electrons. The quantitative estimate of drug-likeness (QED) is 0.832. The van der Waals surface area contributed by atoms with Crippen LogP contribution in [-0.2, 0) is 0 Å². The molecule has 0 amide bonds. The lowest BCUT2D eigenvalue weighted by molar-refractivity contribution is 0.572. The molecule has 22 heavy (non-hydrogen) atoms. The number of piperidine rings is 1. The lowest BCUT2D eigenvalue weighted by atomic mass is 9.97. The third-order valence-corrected chi connectivity index (χ3v) is 4.64. The summed E-state index contributed by atoms with van der Waals surface area (Å²) in [6.07, 6.45) is 12.7. The predicted octanol–water partition coefficient (Wildman–Crippen LogP) is 4.08. The Hall–Kier alpha value is -1.58. The molecule has 1 fully saturated rings. The molecule has 1 saturated heterocycles. The Morgan fingerprint density at radius 2 is 1.95 bits per heavy atom. The van der Waals surface area contributed by atoms with Gasteiger partial charge in [0.1, 0.15) is 17.5 Å². The van der Waals surface area contributed by atoms with Gasteiger partial charge in [0.25, 0.3) is 0 Å². The van der Waals surface area contributed by atoms with E-state index in [1.54, 1.807) is 5.57 Å². The van der Waals surface area contributed by atoms with E-state index in [9.17, 15) is 0 Å². The number of aryl methyl sites for hydroxylation is 1. The van der Waals surface area contributed by atoms with Crippen LogP contribution in [0, 0.1) is 6.92 Å². The summed E-state index contributed by atoms with van der Waals surface area (Å²) in [6.45, 7) is 5.22. The molecule has 1 aromatic heterocycles. The van der Waals surface area contributed by atoms with Crippen molar-refractivity contribution in [1.29, 1.82) is 0 Å². The molecule has 4 nitrogen and oxygen atoms in total. The second-order valence-corrected chi connectivity index (χ2v) is 6.49. The van der Waals surface area contributed by atoms with Gasteiger partial charge in [-0.15, -0.1) is 0 Å². The first kappa shape index (κ1) is 15.3. The van der Waals surface area contributed by atoms with Crippen LogP contribution < -0.4 is 10.2 Å². The van der Waals surface area contributed by atoms with Crippen LogP contribution in [0.25, 0.3) is 0 Å². The number of nitrogens with one attached hydrogen (secondary N) is 1. The van der Waals surface area contributed by atoms with Gasteiger partial charge in [-0.05, 0) is 58.3 Å².